The van der Waals surface area contributed by atoms with Gasteiger partial charge >= 0.3 is 0 Å². The van der Waals surface area contributed by atoms with Crippen molar-refractivity contribution in [2.75, 3.05) is 13.2 Å². The molecule has 1 atom stereocenters. The third kappa shape index (κ3) is 4.70. The highest BCUT2D eigenvalue weighted by atomic mass is 79.9. The van der Waals surface area contributed by atoms with E-state index in [1.807, 2.05) is 12.1 Å². The third-order valence-corrected chi connectivity index (χ3v) is 2.41. The molecule has 0 aliphatic heterocycles. The molecule has 1 rings (SSSR count). The number of hydrogen-bond acceptors (Lipinski definition) is 4. The van der Waals surface area contributed by atoms with Gasteiger partial charge in [0.05, 0.1) is 17.9 Å². The zero-order valence-corrected chi connectivity index (χ0v) is 10.2. The molecule has 0 aliphatic carbocycles. The highest BCUT2D eigenvalue weighted by Crippen LogP contribution is 2.07. The van der Waals surface area contributed by atoms with Crippen LogP contribution < -0.4 is 5.32 Å². The molecule has 5 heteroatoms. The van der Waals surface area contributed by atoms with Crippen molar-refractivity contribution >= 4 is 15.9 Å². The Hall–Kier alpha value is -0.490. The van der Waals surface area contributed by atoms with Crippen LogP contribution >= 0.6 is 15.9 Å². The van der Waals surface area contributed by atoms with Gasteiger partial charge in [0.25, 0.3) is 0 Å². The van der Waals surface area contributed by atoms with Crippen molar-refractivity contribution in [1.29, 1.82) is 0 Å². The maximum Gasteiger partial charge on any atom is 0.0972 e. The average molecular weight is 275 g/mol. The molecule has 15 heavy (non-hydrogen) atoms. The molecule has 1 aromatic rings. The van der Waals surface area contributed by atoms with Crippen molar-refractivity contribution in [2.24, 2.45) is 0 Å². The largest absolute Gasteiger partial charge is 0.393 e. The molecule has 0 amide bonds. The van der Waals surface area contributed by atoms with Gasteiger partial charge in [-0.25, -0.2) is 0 Å². The second-order valence-electron chi connectivity index (χ2n) is 3.73. The van der Waals surface area contributed by atoms with Crippen molar-refractivity contribution in [2.45, 2.75) is 19.1 Å². The minimum absolute atomic E-state index is 0.256. The Labute approximate surface area is 97.5 Å². The topological polar surface area (TPSA) is 65.4 Å². The summed E-state index contributed by atoms with van der Waals surface area (Å²) in [6.45, 7) is 2.23. The summed E-state index contributed by atoms with van der Waals surface area (Å²) >= 11 is 3.30. The van der Waals surface area contributed by atoms with Crippen LogP contribution in [-0.2, 0) is 6.54 Å². The highest BCUT2D eigenvalue weighted by Gasteiger charge is 2.17. The lowest BCUT2D eigenvalue weighted by molar-refractivity contribution is 0.00249. The van der Waals surface area contributed by atoms with Crippen LogP contribution in [0.3, 0.4) is 0 Å². The zero-order valence-electron chi connectivity index (χ0n) is 8.57. The summed E-state index contributed by atoms with van der Waals surface area (Å²) < 4.78 is 0.939. The first-order valence-corrected chi connectivity index (χ1v) is 5.47. The Balaban J connectivity index is 2.35. The van der Waals surface area contributed by atoms with Crippen LogP contribution in [0.15, 0.2) is 22.8 Å². The van der Waals surface area contributed by atoms with Crippen molar-refractivity contribution in [3.05, 3.63) is 28.5 Å². The fraction of sp³-hybridized carbons (Fsp3) is 0.500. The van der Waals surface area contributed by atoms with Gasteiger partial charge in [-0.15, -0.1) is 0 Å². The van der Waals surface area contributed by atoms with E-state index in [2.05, 4.69) is 26.2 Å². The first kappa shape index (κ1) is 12.6. The van der Waals surface area contributed by atoms with Crippen LogP contribution in [-0.4, -0.2) is 33.9 Å². The first-order valence-electron chi connectivity index (χ1n) is 4.68. The smallest absolute Gasteiger partial charge is 0.0972 e. The Morgan fingerprint density at radius 2 is 2.27 bits per heavy atom. The van der Waals surface area contributed by atoms with Gasteiger partial charge < -0.3 is 15.5 Å². The van der Waals surface area contributed by atoms with E-state index in [0.29, 0.717) is 13.1 Å². The summed E-state index contributed by atoms with van der Waals surface area (Å²) in [6.07, 6.45) is 1.72. The van der Waals surface area contributed by atoms with Crippen molar-refractivity contribution in [1.82, 2.24) is 10.3 Å². The predicted molar refractivity (Wildman–Crippen MR) is 61.4 cm³/mol. The summed E-state index contributed by atoms with van der Waals surface area (Å²) in [6, 6.07) is 3.80. The summed E-state index contributed by atoms with van der Waals surface area (Å²) in [5.74, 6) is 0. The number of aliphatic hydroxyl groups is 2. The van der Waals surface area contributed by atoms with Gasteiger partial charge in [0.1, 0.15) is 0 Å². The SMILES string of the molecule is CC(O)(CO)CNCc1ccc(Br)cn1. The number of nitrogens with one attached hydrogen (secondary N) is 1. The molecular weight excluding hydrogens is 260 g/mol. The van der Waals surface area contributed by atoms with E-state index in [9.17, 15) is 5.11 Å². The quantitative estimate of drug-likeness (QED) is 0.739. The van der Waals surface area contributed by atoms with E-state index in [-0.39, 0.29) is 6.61 Å². The monoisotopic (exact) mass is 274 g/mol. The average Bonchev–Trinajstić information content (AvgIpc) is 2.21. The molecule has 3 N–H and O–H groups in total. The number of hydrogen-bond donors (Lipinski definition) is 3. The Morgan fingerprint density at radius 1 is 1.53 bits per heavy atom. The molecule has 84 valence electrons. The fourth-order valence-electron chi connectivity index (χ4n) is 1.03. The zero-order chi connectivity index (χ0) is 11.3. The van der Waals surface area contributed by atoms with Gasteiger partial charge in [0.2, 0.25) is 0 Å². The van der Waals surface area contributed by atoms with Gasteiger partial charge in [-0.05, 0) is 35.0 Å². The Morgan fingerprint density at radius 3 is 2.80 bits per heavy atom. The van der Waals surface area contributed by atoms with Gasteiger partial charge in [0.15, 0.2) is 0 Å². The van der Waals surface area contributed by atoms with Crippen molar-refractivity contribution in [3.63, 3.8) is 0 Å². The number of halogens is 1. The molecular formula is C10H15BrN2O2. The van der Waals surface area contributed by atoms with E-state index in [4.69, 9.17) is 5.11 Å². The second-order valence-corrected chi connectivity index (χ2v) is 4.64. The van der Waals surface area contributed by atoms with Crippen LogP contribution in [0, 0.1) is 0 Å². The van der Waals surface area contributed by atoms with Crippen molar-refractivity contribution < 1.29 is 10.2 Å². The fourth-order valence-corrected chi connectivity index (χ4v) is 1.26. The number of rotatable bonds is 5. The number of nitrogens with zero attached hydrogens (tertiary/aromatic N) is 1. The Kier molecular flexibility index (Phi) is 4.66. The van der Waals surface area contributed by atoms with Crippen LogP contribution in [0.2, 0.25) is 0 Å². The molecule has 0 bridgehead atoms. The van der Waals surface area contributed by atoms with Crippen LogP contribution in [0.25, 0.3) is 0 Å². The maximum atomic E-state index is 9.50. The number of aromatic nitrogens is 1. The summed E-state index contributed by atoms with van der Waals surface area (Å²) in [7, 11) is 0. The van der Waals surface area contributed by atoms with Gasteiger partial charge in [0, 0.05) is 23.8 Å². The maximum absolute atomic E-state index is 9.50. The molecule has 1 heterocycles. The van der Waals surface area contributed by atoms with Crippen molar-refractivity contribution in [3.8, 4) is 0 Å². The molecule has 0 saturated carbocycles. The van der Waals surface area contributed by atoms with Gasteiger partial charge in [-0.1, -0.05) is 0 Å². The Bertz CT molecular complexity index is 301. The molecule has 1 aromatic heterocycles. The van der Waals surface area contributed by atoms with E-state index in [0.717, 1.165) is 10.2 Å². The first-order chi connectivity index (χ1) is 7.03. The molecule has 1 unspecified atom stereocenters. The normalized spacial score (nSPS) is 14.9. The van der Waals surface area contributed by atoms with E-state index < -0.39 is 5.60 Å². The lowest BCUT2D eigenvalue weighted by Gasteiger charge is -2.20. The van der Waals surface area contributed by atoms with Crippen LogP contribution in [0.4, 0.5) is 0 Å². The van der Waals surface area contributed by atoms with Gasteiger partial charge in [-0.2, -0.15) is 0 Å². The second kappa shape index (κ2) is 5.55. The molecule has 0 fully saturated rings. The lowest BCUT2D eigenvalue weighted by atomic mass is 10.1. The summed E-state index contributed by atoms with van der Waals surface area (Å²) in [5.41, 5.74) is -0.179. The number of aliphatic hydroxyl groups excluding tert-OH is 1. The minimum atomic E-state index is -1.07. The summed E-state index contributed by atoms with van der Waals surface area (Å²) in [4.78, 5) is 4.17. The molecule has 0 radical (unpaired) electrons. The van der Waals surface area contributed by atoms with Crippen LogP contribution in [0.5, 0.6) is 0 Å². The lowest BCUT2D eigenvalue weighted by Crippen LogP contribution is -2.40. The van der Waals surface area contributed by atoms with E-state index in [1.165, 1.54) is 0 Å². The molecule has 0 spiro atoms. The summed E-state index contributed by atoms with van der Waals surface area (Å²) in [5, 5.41) is 21.3. The standard InChI is InChI=1S/C10H15BrN2O2/c1-10(15,7-14)6-12-5-9-3-2-8(11)4-13-9/h2-4,12,14-15H,5-7H2,1H3. The predicted octanol–water partition coefficient (Wildman–Crippen LogP) is 0.677. The molecule has 4 nitrogen and oxygen atoms in total. The minimum Gasteiger partial charge on any atom is -0.393 e. The van der Waals surface area contributed by atoms with Crippen LogP contribution in [0.1, 0.15) is 12.6 Å². The molecule has 0 aromatic carbocycles. The van der Waals surface area contributed by atoms with E-state index in [1.54, 1.807) is 13.1 Å². The number of pyridine rings is 1. The molecule has 0 saturated heterocycles. The van der Waals surface area contributed by atoms with E-state index >= 15 is 0 Å². The highest BCUT2D eigenvalue weighted by molar-refractivity contribution is 9.10. The molecule has 0 aliphatic rings. The third-order valence-electron chi connectivity index (χ3n) is 1.94. The van der Waals surface area contributed by atoms with Gasteiger partial charge in [-0.3, -0.25) is 4.98 Å².